The molecular weight excluding hydrogens is 358 g/mol. The topological polar surface area (TPSA) is 93.5 Å². The van der Waals surface area contributed by atoms with Gasteiger partial charge in [-0.15, -0.1) is 0 Å². The van der Waals surface area contributed by atoms with E-state index >= 15 is 0 Å². The Bertz CT molecular complexity index is 990. The van der Waals surface area contributed by atoms with Gasteiger partial charge in [0.05, 0.1) is 10.6 Å². The van der Waals surface area contributed by atoms with Gasteiger partial charge in [0.1, 0.15) is 11.4 Å². The van der Waals surface area contributed by atoms with Gasteiger partial charge >= 0.3 is 0 Å². The van der Waals surface area contributed by atoms with Crippen LogP contribution in [0.15, 0.2) is 72.8 Å². The molecule has 2 N–H and O–H groups in total. The summed E-state index contributed by atoms with van der Waals surface area (Å²) in [6.07, 6.45) is 0. The summed E-state index contributed by atoms with van der Waals surface area (Å²) in [5, 5.41) is 17.0. The molecule has 7 heteroatoms. The number of hydrogen-bond acceptors (Lipinski definition) is 5. The predicted molar refractivity (Wildman–Crippen MR) is 108 cm³/mol. The van der Waals surface area contributed by atoms with Crippen LogP contribution < -0.4 is 15.4 Å². The van der Waals surface area contributed by atoms with E-state index in [9.17, 15) is 14.9 Å². The van der Waals surface area contributed by atoms with E-state index in [1.165, 1.54) is 12.1 Å². The van der Waals surface area contributed by atoms with E-state index in [1.807, 2.05) is 25.1 Å². The lowest BCUT2D eigenvalue weighted by Crippen LogP contribution is -2.13. The number of nitrogens with one attached hydrogen (secondary N) is 2. The van der Waals surface area contributed by atoms with Crippen molar-refractivity contribution in [1.29, 1.82) is 0 Å². The third kappa shape index (κ3) is 4.45. The number of carbonyl (C=O) groups is 1. The highest BCUT2D eigenvalue weighted by Gasteiger charge is 2.18. The van der Waals surface area contributed by atoms with E-state index < -0.39 is 10.8 Å². The van der Waals surface area contributed by atoms with Crippen LogP contribution in [0, 0.1) is 10.1 Å². The lowest BCUT2D eigenvalue weighted by atomic mass is 10.1. The number of anilines is 2. The maximum atomic E-state index is 12.7. The van der Waals surface area contributed by atoms with Crippen molar-refractivity contribution in [2.45, 2.75) is 6.92 Å². The van der Waals surface area contributed by atoms with Crippen LogP contribution >= 0.6 is 0 Å². The SMILES string of the molecule is CCNc1ccc(C(=O)Nc2ccccc2Oc2ccccc2)cc1[N+](=O)[O-]. The fourth-order valence-electron chi connectivity index (χ4n) is 2.63. The molecule has 0 aliphatic rings. The fourth-order valence-corrected chi connectivity index (χ4v) is 2.63. The first-order valence-corrected chi connectivity index (χ1v) is 8.74. The third-order valence-corrected chi connectivity index (χ3v) is 3.93. The van der Waals surface area contributed by atoms with Gasteiger partial charge in [-0.05, 0) is 43.3 Å². The van der Waals surface area contributed by atoms with Gasteiger partial charge in [0, 0.05) is 18.2 Å². The van der Waals surface area contributed by atoms with Crippen molar-refractivity contribution in [2.24, 2.45) is 0 Å². The van der Waals surface area contributed by atoms with Crippen molar-refractivity contribution in [3.05, 3.63) is 88.5 Å². The fraction of sp³-hybridized carbons (Fsp3) is 0.0952. The Morgan fingerprint density at radius 1 is 1.00 bits per heavy atom. The first-order chi connectivity index (χ1) is 13.6. The minimum atomic E-state index is -0.513. The molecule has 142 valence electrons. The number of nitrogens with zero attached hydrogens (tertiary/aromatic N) is 1. The highest BCUT2D eigenvalue weighted by Crippen LogP contribution is 2.30. The van der Waals surface area contributed by atoms with Gasteiger partial charge in [-0.1, -0.05) is 30.3 Å². The molecule has 0 aliphatic carbocycles. The summed E-state index contributed by atoms with van der Waals surface area (Å²) < 4.78 is 5.83. The molecule has 0 heterocycles. The molecular formula is C21H19N3O4. The summed E-state index contributed by atoms with van der Waals surface area (Å²) >= 11 is 0. The average molecular weight is 377 g/mol. The van der Waals surface area contributed by atoms with Crippen molar-refractivity contribution >= 4 is 23.0 Å². The average Bonchev–Trinajstić information content (AvgIpc) is 2.70. The third-order valence-electron chi connectivity index (χ3n) is 3.93. The second-order valence-electron chi connectivity index (χ2n) is 5.88. The molecule has 1 amide bonds. The van der Waals surface area contributed by atoms with Crippen molar-refractivity contribution in [3.8, 4) is 11.5 Å². The minimum absolute atomic E-state index is 0.150. The Morgan fingerprint density at radius 3 is 2.43 bits per heavy atom. The zero-order valence-electron chi connectivity index (χ0n) is 15.2. The normalized spacial score (nSPS) is 10.2. The Balaban J connectivity index is 1.84. The van der Waals surface area contributed by atoms with Crippen LogP contribution in [-0.4, -0.2) is 17.4 Å². The summed E-state index contributed by atoms with van der Waals surface area (Å²) in [6, 6.07) is 20.5. The van der Waals surface area contributed by atoms with E-state index in [4.69, 9.17) is 4.74 Å². The van der Waals surface area contributed by atoms with Gasteiger partial charge in [0.15, 0.2) is 5.75 Å². The lowest BCUT2D eigenvalue weighted by molar-refractivity contribution is -0.384. The minimum Gasteiger partial charge on any atom is -0.455 e. The highest BCUT2D eigenvalue weighted by atomic mass is 16.6. The van der Waals surface area contributed by atoms with Crippen molar-refractivity contribution in [2.75, 3.05) is 17.2 Å². The number of para-hydroxylation sites is 3. The van der Waals surface area contributed by atoms with Crippen LogP contribution in [0.4, 0.5) is 17.1 Å². The second-order valence-corrected chi connectivity index (χ2v) is 5.88. The van der Waals surface area contributed by atoms with Crippen molar-refractivity contribution < 1.29 is 14.5 Å². The zero-order chi connectivity index (χ0) is 19.9. The van der Waals surface area contributed by atoms with Gasteiger partial charge < -0.3 is 15.4 Å². The van der Waals surface area contributed by atoms with Crippen LogP contribution in [0.3, 0.4) is 0 Å². The van der Waals surface area contributed by atoms with E-state index in [0.29, 0.717) is 29.4 Å². The van der Waals surface area contributed by atoms with Gasteiger partial charge in [-0.25, -0.2) is 0 Å². The molecule has 28 heavy (non-hydrogen) atoms. The zero-order valence-corrected chi connectivity index (χ0v) is 15.2. The van der Waals surface area contributed by atoms with Gasteiger partial charge in [-0.3, -0.25) is 14.9 Å². The summed E-state index contributed by atoms with van der Waals surface area (Å²) in [4.78, 5) is 23.4. The van der Waals surface area contributed by atoms with E-state index in [2.05, 4.69) is 10.6 Å². The molecule has 0 fully saturated rings. The van der Waals surface area contributed by atoms with E-state index in [-0.39, 0.29) is 11.3 Å². The molecule has 7 nitrogen and oxygen atoms in total. The van der Waals surface area contributed by atoms with Gasteiger partial charge in [0.25, 0.3) is 11.6 Å². The molecule has 3 rings (SSSR count). The molecule has 0 saturated heterocycles. The largest absolute Gasteiger partial charge is 0.455 e. The summed E-state index contributed by atoms with van der Waals surface area (Å²) in [7, 11) is 0. The molecule has 0 bridgehead atoms. The second kappa shape index (κ2) is 8.68. The van der Waals surface area contributed by atoms with Crippen LogP contribution in [0.5, 0.6) is 11.5 Å². The van der Waals surface area contributed by atoms with Gasteiger partial charge in [0.2, 0.25) is 0 Å². The quantitative estimate of drug-likeness (QED) is 0.443. The smallest absolute Gasteiger partial charge is 0.293 e. The Morgan fingerprint density at radius 2 is 1.71 bits per heavy atom. The summed E-state index contributed by atoms with van der Waals surface area (Å²) in [5.74, 6) is 0.644. The monoisotopic (exact) mass is 377 g/mol. The standard InChI is InChI=1S/C21H19N3O4/c1-2-22-17-13-12-15(14-19(17)24(26)27)21(25)23-18-10-6-7-11-20(18)28-16-8-4-3-5-9-16/h3-14,22H,2H2,1H3,(H,23,25). The number of nitro groups is 1. The number of rotatable bonds is 7. The molecule has 0 radical (unpaired) electrons. The van der Waals surface area contributed by atoms with Crippen LogP contribution in [0.1, 0.15) is 17.3 Å². The van der Waals surface area contributed by atoms with Crippen LogP contribution in [0.25, 0.3) is 0 Å². The maximum absolute atomic E-state index is 12.7. The van der Waals surface area contributed by atoms with Crippen LogP contribution in [-0.2, 0) is 0 Å². The Labute approximate surface area is 162 Å². The number of ether oxygens (including phenoxy) is 1. The predicted octanol–water partition coefficient (Wildman–Crippen LogP) is 5.07. The molecule has 0 unspecified atom stereocenters. The molecule has 3 aromatic carbocycles. The Kier molecular flexibility index (Phi) is 5.86. The number of hydrogen-bond donors (Lipinski definition) is 2. The van der Waals surface area contributed by atoms with Crippen molar-refractivity contribution in [3.63, 3.8) is 0 Å². The molecule has 0 aromatic heterocycles. The Hall–Kier alpha value is -3.87. The first kappa shape index (κ1) is 18.9. The summed E-state index contributed by atoms with van der Waals surface area (Å²) in [5.41, 5.74) is 0.873. The highest BCUT2D eigenvalue weighted by molar-refractivity contribution is 6.05. The number of carbonyl (C=O) groups excluding carboxylic acids is 1. The number of amides is 1. The molecule has 3 aromatic rings. The summed E-state index contributed by atoms with van der Waals surface area (Å²) in [6.45, 7) is 2.38. The van der Waals surface area contributed by atoms with Crippen molar-refractivity contribution in [1.82, 2.24) is 0 Å². The molecule has 0 saturated carbocycles. The first-order valence-electron chi connectivity index (χ1n) is 8.74. The van der Waals surface area contributed by atoms with E-state index in [0.717, 1.165) is 0 Å². The number of nitro benzene ring substituents is 1. The molecule has 0 aliphatic heterocycles. The molecule has 0 atom stereocenters. The van der Waals surface area contributed by atoms with Crippen LogP contribution in [0.2, 0.25) is 0 Å². The maximum Gasteiger partial charge on any atom is 0.293 e. The lowest BCUT2D eigenvalue weighted by Gasteiger charge is -2.12. The van der Waals surface area contributed by atoms with Gasteiger partial charge in [-0.2, -0.15) is 0 Å². The van der Waals surface area contributed by atoms with E-state index in [1.54, 1.807) is 42.5 Å². The number of benzene rings is 3. The molecule has 0 spiro atoms.